The van der Waals surface area contributed by atoms with E-state index in [2.05, 4.69) is 15.1 Å². The molecule has 20 heavy (non-hydrogen) atoms. The van der Waals surface area contributed by atoms with Gasteiger partial charge in [0.25, 0.3) is 10.0 Å². The van der Waals surface area contributed by atoms with Crippen LogP contribution in [0.2, 0.25) is 0 Å². The largest absolute Gasteiger partial charge is 0.383 e. The zero-order valence-corrected chi connectivity index (χ0v) is 11.9. The second-order valence-corrected chi connectivity index (χ2v) is 6.40. The van der Waals surface area contributed by atoms with Gasteiger partial charge in [-0.2, -0.15) is 13.5 Å². The first-order chi connectivity index (χ1) is 9.58. The predicted molar refractivity (Wildman–Crippen MR) is 77.3 cm³/mol. The van der Waals surface area contributed by atoms with Gasteiger partial charge in [-0.3, -0.25) is 9.40 Å². The molecule has 7 heteroatoms. The molecule has 1 aromatic carbocycles. The number of aromatic nitrogens is 2. The van der Waals surface area contributed by atoms with E-state index in [0.29, 0.717) is 5.69 Å². The number of anilines is 2. The Labute approximate surface area is 117 Å². The third-order valence-electron chi connectivity index (χ3n) is 3.37. The number of aryl methyl sites for hydroxylation is 2. The lowest BCUT2D eigenvalue weighted by Gasteiger charge is -2.21. The molecule has 1 aliphatic rings. The number of sulfonamides is 1. The zero-order chi connectivity index (χ0) is 14.2. The van der Waals surface area contributed by atoms with Gasteiger partial charge in [0.2, 0.25) is 0 Å². The van der Waals surface area contributed by atoms with E-state index in [1.165, 1.54) is 16.9 Å². The second-order valence-electron chi connectivity index (χ2n) is 4.77. The lowest BCUT2D eigenvalue weighted by Crippen LogP contribution is -2.19. The first kappa shape index (κ1) is 13.0. The van der Waals surface area contributed by atoms with Gasteiger partial charge in [0.1, 0.15) is 0 Å². The molecule has 0 amide bonds. The summed E-state index contributed by atoms with van der Waals surface area (Å²) in [4.78, 5) is 0. The number of nitrogens with one attached hydrogen (secondary N) is 2. The monoisotopic (exact) mass is 292 g/mol. The van der Waals surface area contributed by atoms with Crippen molar-refractivity contribution in [3.05, 3.63) is 36.0 Å². The first-order valence-electron chi connectivity index (χ1n) is 6.44. The number of nitrogens with zero attached hydrogens (tertiary/aromatic N) is 2. The Balaban J connectivity index is 1.98. The Bertz CT molecular complexity index is 737. The van der Waals surface area contributed by atoms with Crippen LogP contribution in [0.25, 0.3) is 0 Å². The highest BCUT2D eigenvalue weighted by Gasteiger charge is 2.21. The molecular weight excluding hydrogens is 276 g/mol. The Kier molecular flexibility index (Phi) is 3.13. The molecule has 0 saturated heterocycles. The smallest absolute Gasteiger partial charge is 0.279 e. The van der Waals surface area contributed by atoms with Crippen LogP contribution in [0.1, 0.15) is 12.0 Å². The summed E-state index contributed by atoms with van der Waals surface area (Å²) in [5, 5.41) is 7.30. The summed E-state index contributed by atoms with van der Waals surface area (Å²) in [6.07, 6.45) is 3.49. The fraction of sp³-hybridized carbons (Fsp3) is 0.308. The topological polar surface area (TPSA) is 76.0 Å². The van der Waals surface area contributed by atoms with E-state index in [1.807, 2.05) is 12.1 Å². The van der Waals surface area contributed by atoms with Crippen LogP contribution in [0.3, 0.4) is 0 Å². The van der Waals surface area contributed by atoms with Gasteiger partial charge in [-0.05, 0) is 30.5 Å². The molecule has 6 nitrogen and oxygen atoms in total. The van der Waals surface area contributed by atoms with Crippen LogP contribution in [0.5, 0.6) is 0 Å². The Hall–Kier alpha value is -2.02. The van der Waals surface area contributed by atoms with Crippen molar-refractivity contribution in [2.45, 2.75) is 17.9 Å². The molecule has 0 fully saturated rings. The molecule has 2 heterocycles. The lowest BCUT2D eigenvalue weighted by molar-refractivity contribution is 0.582. The molecule has 0 aliphatic carbocycles. The highest BCUT2D eigenvalue weighted by atomic mass is 32.2. The molecule has 0 atom stereocenters. The van der Waals surface area contributed by atoms with Gasteiger partial charge in [0.15, 0.2) is 5.03 Å². The zero-order valence-electron chi connectivity index (χ0n) is 11.1. The van der Waals surface area contributed by atoms with Crippen molar-refractivity contribution < 1.29 is 8.42 Å². The van der Waals surface area contributed by atoms with Crippen LogP contribution in [-0.4, -0.2) is 24.7 Å². The molecule has 0 spiro atoms. The fourth-order valence-corrected chi connectivity index (χ4v) is 3.62. The lowest BCUT2D eigenvalue weighted by atomic mass is 10.0. The van der Waals surface area contributed by atoms with Gasteiger partial charge in [0.05, 0.1) is 17.6 Å². The number of hydrogen-bond acceptors (Lipinski definition) is 4. The molecule has 2 N–H and O–H groups in total. The third kappa shape index (κ3) is 2.24. The molecule has 2 aromatic rings. The van der Waals surface area contributed by atoms with Gasteiger partial charge < -0.3 is 5.32 Å². The van der Waals surface area contributed by atoms with Crippen molar-refractivity contribution in [3.8, 4) is 0 Å². The summed E-state index contributed by atoms with van der Waals surface area (Å²) in [5.41, 5.74) is 2.61. The molecular formula is C13H16N4O2S. The molecule has 1 aromatic heterocycles. The summed E-state index contributed by atoms with van der Waals surface area (Å²) in [6.45, 7) is 0.859. The van der Waals surface area contributed by atoms with E-state index in [-0.39, 0.29) is 5.03 Å². The SMILES string of the molecule is Cn1nccc1S(=O)(=O)Nc1cccc2c1NCCC2. The maximum Gasteiger partial charge on any atom is 0.279 e. The third-order valence-corrected chi connectivity index (χ3v) is 4.81. The Morgan fingerprint density at radius 2 is 2.20 bits per heavy atom. The van der Waals surface area contributed by atoms with Crippen LogP contribution in [0, 0.1) is 0 Å². The number of fused-ring (bicyclic) bond motifs is 1. The molecule has 3 rings (SSSR count). The van der Waals surface area contributed by atoms with Crippen LogP contribution >= 0.6 is 0 Å². The van der Waals surface area contributed by atoms with Crippen molar-refractivity contribution in [1.29, 1.82) is 0 Å². The summed E-state index contributed by atoms with van der Waals surface area (Å²) in [6, 6.07) is 7.13. The highest BCUT2D eigenvalue weighted by Crippen LogP contribution is 2.31. The number of rotatable bonds is 3. The molecule has 0 bridgehead atoms. The average Bonchev–Trinajstić information content (AvgIpc) is 2.86. The number of para-hydroxylation sites is 1. The molecule has 0 unspecified atom stereocenters. The predicted octanol–water partition coefficient (Wildman–Crippen LogP) is 1.58. The number of hydrogen-bond donors (Lipinski definition) is 2. The molecule has 0 saturated carbocycles. The molecule has 106 valence electrons. The first-order valence-corrected chi connectivity index (χ1v) is 7.93. The van der Waals surface area contributed by atoms with Crippen LogP contribution in [-0.2, 0) is 23.5 Å². The number of benzene rings is 1. The summed E-state index contributed by atoms with van der Waals surface area (Å²) in [5.74, 6) is 0. The molecule has 1 aliphatic heterocycles. The summed E-state index contributed by atoms with van der Waals surface area (Å²) >= 11 is 0. The van der Waals surface area contributed by atoms with E-state index in [4.69, 9.17) is 0 Å². The normalized spacial score (nSPS) is 14.4. The minimum atomic E-state index is -3.62. The fourth-order valence-electron chi connectivity index (χ4n) is 2.42. The van der Waals surface area contributed by atoms with Gasteiger partial charge in [0, 0.05) is 13.6 Å². The van der Waals surface area contributed by atoms with Crippen molar-refractivity contribution in [1.82, 2.24) is 9.78 Å². The average molecular weight is 292 g/mol. The molecule has 0 radical (unpaired) electrons. The van der Waals surface area contributed by atoms with E-state index in [0.717, 1.165) is 30.6 Å². The van der Waals surface area contributed by atoms with E-state index >= 15 is 0 Å². The van der Waals surface area contributed by atoms with Crippen molar-refractivity contribution >= 4 is 21.4 Å². The van der Waals surface area contributed by atoms with Crippen LogP contribution < -0.4 is 10.0 Å². The minimum Gasteiger partial charge on any atom is -0.383 e. The minimum absolute atomic E-state index is 0.144. The van der Waals surface area contributed by atoms with Gasteiger partial charge >= 0.3 is 0 Å². The van der Waals surface area contributed by atoms with Crippen LogP contribution in [0.4, 0.5) is 11.4 Å². The maximum atomic E-state index is 12.4. The Morgan fingerprint density at radius 3 is 2.95 bits per heavy atom. The standard InChI is InChI=1S/C13H16N4O2S/c1-17-12(7-9-15-17)20(18,19)16-11-6-2-4-10-5-3-8-14-13(10)11/h2,4,6-7,9,14,16H,3,5,8H2,1H3. The highest BCUT2D eigenvalue weighted by molar-refractivity contribution is 7.92. The van der Waals surface area contributed by atoms with Gasteiger partial charge in [-0.15, -0.1) is 0 Å². The quantitative estimate of drug-likeness (QED) is 0.900. The second kappa shape index (κ2) is 4.82. The summed E-state index contributed by atoms with van der Waals surface area (Å²) in [7, 11) is -2.02. The van der Waals surface area contributed by atoms with E-state index in [9.17, 15) is 8.42 Å². The van der Waals surface area contributed by atoms with Crippen molar-refractivity contribution in [2.75, 3.05) is 16.6 Å². The van der Waals surface area contributed by atoms with E-state index < -0.39 is 10.0 Å². The van der Waals surface area contributed by atoms with Crippen molar-refractivity contribution in [3.63, 3.8) is 0 Å². The van der Waals surface area contributed by atoms with Crippen molar-refractivity contribution in [2.24, 2.45) is 7.05 Å². The summed E-state index contributed by atoms with van der Waals surface area (Å²) < 4.78 is 28.7. The van der Waals surface area contributed by atoms with E-state index in [1.54, 1.807) is 13.1 Å². The van der Waals surface area contributed by atoms with Crippen LogP contribution in [0.15, 0.2) is 35.5 Å². The van der Waals surface area contributed by atoms with Gasteiger partial charge in [-0.25, -0.2) is 0 Å². The van der Waals surface area contributed by atoms with Gasteiger partial charge in [-0.1, -0.05) is 12.1 Å². The maximum absolute atomic E-state index is 12.4. The Morgan fingerprint density at radius 1 is 1.35 bits per heavy atom.